The molecule has 0 saturated carbocycles. The maximum Gasteiger partial charge on any atom is 0.225 e. The number of rotatable bonds is 6. The van der Waals surface area contributed by atoms with Gasteiger partial charge in [-0.25, -0.2) is 9.97 Å². The third kappa shape index (κ3) is 4.27. The molecular formula is C18H25N5. The van der Waals surface area contributed by atoms with Crippen LogP contribution in [0.15, 0.2) is 42.7 Å². The van der Waals surface area contributed by atoms with Crippen LogP contribution in [0.5, 0.6) is 0 Å². The first kappa shape index (κ1) is 15.9. The van der Waals surface area contributed by atoms with Crippen LogP contribution in [0.2, 0.25) is 0 Å². The van der Waals surface area contributed by atoms with Gasteiger partial charge in [-0.2, -0.15) is 0 Å². The molecule has 0 spiro atoms. The van der Waals surface area contributed by atoms with Gasteiger partial charge in [0.05, 0.1) is 0 Å². The largest absolute Gasteiger partial charge is 0.338 e. The Kier molecular flexibility index (Phi) is 5.56. The second kappa shape index (κ2) is 8.04. The zero-order valence-electron chi connectivity index (χ0n) is 13.6. The van der Waals surface area contributed by atoms with Crippen LogP contribution in [-0.4, -0.2) is 54.1 Å². The predicted octanol–water partition coefficient (Wildman–Crippen LogP) is 2.00. The average Bonchev–Trinajstić information content (AvgIpc) is 2.63. The van der Waals surface area contributed by atoms with Crippen LogP contribution in [0.4, 0.5) is 5.95 Å². The second-order valence-electron chi connectivity index (χ2n) is 5.96. The third-order valence-electron chi connectivity index (χ3n) is 4.33. The van der Waals surface area contributed by atoms with Crippen molar-refractivity contribution in [3.63, 3.8) is 0 Å². The van der Waals surface area contributed by atoms with Gasteiger partial charge in [-0.1, -0.05) is 30.3 Å². The summed E-state index contributed by atoms with van der Waals surface area (Å²) in [4.78, 5) is 13.9. The molecular weight excluding hydrogens is 286 g/mol. The standard InChI is InChI=1S/C18H25N5/c19-8-4-5-9-22-10-12-23(13-11-22)18-20-14-17(15-21-18)16-6-2-1-3-7-16/h1-3,6-7,14-15H,4-5,8-13,19H2. The van der Waals surface area contributed by atoms with Gasteiger partial charge in [0.15, 0.2) is 0 Å². The molecule has 23 heavy (non-hydrogen) atoms. The molecule has 1 fully saturated rings. The molecule has 5 heteroatoms. The van der Waals surface area contributed by atoms with Crippen LogP contribution >= 0.6 is 0 Å². The van der Waals surface area contributed by atoms with Gasteiger partial charge in [-0.05, 0) is 31.5 Å². The number of hydrogen-bond acceptors (Lipinski definition) is 5. The van der Waals surface area contributed by atoms with Gasteiger partial charge in [0.1, 0.15) is 0 Å². The summed E-state index contributed by atoms with van der Waals surface area (Å²) in [5.74, 6) is 0.839. The summed E-state index contributed by atoms with van der Waals surface area (Å²) in [6, 6.07) is 10.3. The molecule has 1 aromatic heterocycles. The first-order valence-electron chi connectivity index (χ1n) is 8.41. The average molecular weight is 311 g/mol. The van der Waals surface area contributed by atoms with E-state index in [-0.39, 0.29) is 0 Å². The van der Waals surface area contributed by atoms with E-state index in [1.165, 1.54) is 6.42 Å². The molecule has 1 aromatic carbocycles. The molecule has 2 aromatic rings. The number of aromatic nitrogens is 2. The number of piperazine rings is 1. The highest BCUT2D eigenvalue weighted by molar-refractivity contribution is 5.61. The topological polar surface area (TPSA) is 58.3 Å². The van der Waals surface area contributed by atoms with Gasteiger partial charge in [0.2, 0.25) is 5.95 Å². The highest BCUT2D eigenvalue weighted by Gasteiger charge is 2.18. The number of nitrogens with two attached hydrogens (primary N) is 1. The molecule has 0 atom stereocenters. The maximum atomic E-state index is 5.55. The van der Waals surface area contributed by atoms with E-state index in [1.807, 2.05) is 30.6 Å². The van der Waals surface area contributed by atoms with Crippen LogP contribution in [0.1, 0.15) is 12.8 Å². The molecule has 2 N–H and O–H groups in total. The minimum Gasteiger partial charge on any atom is -0.338 e. The van der Waals surface area contributed by atoms with Gasteiger partial charge in [0, 0.05) is 44.1 Å². The summed E-state index contributed by atoms with van der Waals surface area (Å²) in [6.07, 6.45) is 6.15. The van der Waals surface area contributed by atoms with Crippen molar-refractivity contribution in [2.75, 3.05) is 44.2 Å². The number of benzene rings is 1. The fraction of sp³-hybridized carbons (Fsp3) is 0.444. The Morgan fingerprint density at radius 3 is 2.22 bits per heavy atom. The Balaban J connectivity index is 1.55. The first-order valence-corrected chi connectivity index (χ1v) is 8.41. The van der Waals surface area contributed by atoms with Crippen molar-refractivity contribution in [3.8, 4) is 11.1 Å². The summed E-state index contributed by atoms with van der Waals surface area (Å²) >= 11 is 0. The van der Waals surface area contributed by atoms with Crippen molar-refractivity contribution in [3.05, 3.63) is 42.7 Å². The monoisotopic (exact) mass is 311 g/mol. The lowest BCUT2D eigenvalue weighted by atomic mass is 10.1. The lowest BCUT2D eigenvalue weighted by Gasteiger charge is -2.34. The van der Waals surface area contributed by atoms with Crippen LogP contribution in [0.25, 0.3) is 11.1 Å². The highest BCUT2D eigenvalue weighted by Crippen LogP contribution is 2.19. The summed E-state index contributed by atoms with van der Waals surface area (Å²) in [5, 5.41) is 0. The number of nitrogens with zero attached hydrogens (tertiary/aromatic N) is 4. The zero-order valence-corrected chi connectivity index (χ0v) is 13.6. The van der Waals surface area contributed by atoms with E-state index in [9.17, 15) is 0 Å². The van der Waals surface area contributed by atoms with Crippen molar-refractivity contribution in [2.24, 2.45) is 5.73 Å². The van der Waals surface area contributed by atoms with E-state index in [1.54, 1.807) is 0 Å². The number of hydrogen-bond donors (Lipinski definition) is 1. The Bertz CT molecular complexity index is 576. The summed E-state index contributed by atoms with van der Waals surface area (Å²) in [5.41, 5.74) is 7.77. The summed E-state index contributed by atoms with van der Waals surface area (Å²) in [6.45, 7) is 6.09. The van der Waals surface area contributed by atoms with Crippen molar-refractivity contribution < 1.29 is 0 Å². The fourth-order valence-corrected chi connectivity index (χ4v) is 2.92. The molecule has 0 aliphatic carbocycles. The van der Waals surface area contributed by atoms with Crippen molar-refractivity contribution >= 4 is 5.95 Å². The van der Waals surface area contributed by atoms with E-state index in [0.717, 1.165) is 62.8 Å². The van der Waals surface area contributed by atoms with Gasteiger partial charge in [-0.15, -0.1) is 0 Å². The lowest BCUT2D eigenvalue weighted by Crippen LogP contribution is -2.47. The second-order valence-corrected chi connectivity index (χ2v) is 5.96. The number of anilines is 1. The Labute approximate surface area is 138 Å². The minimum absolute atomic E-state index is 0.793. The fourth-order valence-electron chi connectivity index (χ4n) is 2.92. The molecule has 1 aliphatic rings. The quantitative estimate of drug-likeness (QED) is 0.827. The molecule has 0 radical (unpaired) electrons. The van der Waals surface area contributed by atoms with Gasteiger partial charge < -0.3 is 10.6 Å². The molecule has 122 valence electrons. The molecule has 1 aliphatic heterocycles. The molecule has 3 rings (SSSR count). The van der Waals surface area contributed by atoms with E-state index in [2.05, 4.69) is 31.9 Å². The molecule has 0 bridgehead atoms. The molecule has 2 heterocycles. The van der Waals surface area contributed by atoms with Crippen LogP contribution in [-0.2, 0) is 0 Å². The summed E-state index contributed by atoms with van der Waals surface area (Å²) < 4.78 is 0. The number of unbranched alkanes of at least 4 members (excludes halogenated alkanes) is 1. The van der Waals surface area contributed by atoms with Gasteiger partial charge in [-0.3, -0.25) is 4.90 Å². The van der Waals surface area contributed by atoms with Crippen molar-refractivity contribution in [2.45, 2.75) is 12.8 Å². The van der Waals surface area contributed by atoms with E-state index in [4.69, 9.17) is 5.73 Å². The first-order chi connectivity index (χ1) is 11.4. The predicted molar refractivity (Wildman–Crippen MR) is 94.4 cm³/mol. The van der Waals surface area contributed by atoms with Crippen LogP contribution in [0, 0.1) is 0 Å². The highest BCUT2D eigenvalue weighted by atomic mass is 15.3. The molecule has 5 nitrogen and oxygen atoms in total. The van der Waals surface area contributed by atoms with Crippen molar-refractivity contribution in [1.29, 1.82) is 0 Å². The SMILES string of the molecule is NCCCCN1CCN(c2ncc(-c3ccccc3)cn2)CC1. The van der Waals surface area contributed by atoms with Crippen LogP contribution in [0.3, 0.4) is 0 Å². The minimum atomic E-state index is 0.793. The summed E-state index contributed by atoms with van der Waals surface area (Å²) in [7, 11) is 0. The van der Waals surface area contributed by atoms with Crippen LogP contribution < -0.4 is 10.6 Å². The van der Waals surface area contributed by atoms with E-state index >= 15 is 0 Å². The normalized spacial score (nSPS) is 15.8. The Morgan fingerprint density at radius 1 is 0.870 bits per heavy atom. The molecule has 0 amide bonds. The van der Waals surface area contributed by atoms with Gasteiger partial charge >= 0.3 is 0 Å². The van der Waals surface area contributed by atoms with Gasteiger partial charge in [0.25, 0.3) is 0 Å². The molecule has 0 unspecified atom stereocenters. The Morgan fingerprint density at radius 2 is 1.57 bits per heavy atom. The van der Waals surface area contributed by atoms with Crippen molar-refractivity contribution in [1.82, 2.24) is 14.9 Å². The molecule has 1 saturated heterocycles. The third-order valence-corrected chi connectivity index (χ3v) is 4.33. The lowest BCUT2D eigenvalue weighted by molar-refractivity contribution is 0.252. The van der Waals surface area contributed by atoms with E-state index < -0.39 is 0 Å². The maximum absolute atomic E-state index is 5.55. The zero-order chi connectivity index (χ0) is 15.9. The van der Waals surface area contributed by atoms with E-state index in [0.29, 0.717) is 0 Å². The Hall–Kier alpha value is -1.98. The smallest absolute Gasteiger partial charge is 0.225 e.